The van der Waals surface area contributed by atoms with E-state index in [0.29, 0.717) is 24.4 Å². The van der Waals surface area contributed by atoms with Gasteiger partial charge in [0.05, 0.1) is 20.6 Å². The Morgan fingerprint density at radius 1 is 1.05 bits per heavy atom. The number of methoxy groups -OCH3 is 2. The Balaban J connectivity index is 2.73. The molecule has 0 aliphatic heterocycles. The first-order chi connectivity index (χ1) is 10.6. The molecule has 5 heteroatoms. The van der Waals surface area contributed by atoms with E-state index in [0.717, 1.165) is 19.3 Å². The zero-order valence-electron chi connectivity index (χ0n) is 13.6. The first kappa shape index (κ1) is 18.0. The normalized spacial score (nSPS) is 10.1. The van der Waals surface area contributed by atoms with Gasteiger partial charge in [0, 0.05) is 18.7 Å². The summed E-state index contributed by atoms with van der Waals surface area (Å²) in [4.78, 5) is 25.6. The number of rotatable bonds is 9. The summed E-state index contributed by atoms with van der Waals surface area (Å²) in [6.07, 6.45) is 3.29. The molecule has 22 heavy (non-hydrogen) atoms. The molecule has 0 radical (unpaired) electrons. The van der Waals surface area contributed by atoms with Crippen LogP contribution in [0.4, 0.5) is 0 Å². The van der Waals surface area contributed by atoms with Crippen molar-refractivity contribution in [3.05, 3.63) is 29.8 Å². The van der Waals surface area contributed by atoms with Crippen molar-refractivity contribution >= 4 is 11.9 Å². The summed E-state index contributed by atoms with van der Waals surface area (Å²) in [5.41, 5.74) is 0.599. The van der Waals surface area contributed by atoms with Crippen LogP contribution in [0.3, 0.4) is 0 Å². The highest BCUT2D eigenvalue weighted by molar-refractivity contribution is 5.94. The molecule has 0 aliphatic rings. The quantitative estimate of drug-likeness (QED) is 0.520. The maximum atomic E-state index is 12.6. The van der Waals surface area contributed by atoms with Crippen LogP contribution in [0.25, 0.3) is 0 Å². The maximum absolute atomic E-state index is 12.6. The molecule has 1 amide bonds. The number of carbonyl (C=O) groups excluding carboxylic acids is 2. The first-order valence-corrected chi connectivity index (χ1v) is 7.62. The van der Waals surface area contributed by atoms with Crippen LogP contribution < -0.4 is 4.74 Å². The number of hydrogen-bond acceptors (Lipinski definition) is 4. The van der Waals surface area contributed by atoms with Crippen LogP contribution in [-0.2, 0) is 9.53 Å². The average molecular weight is 307 g/mol. The van der Waals surface area contributed by atoms with Crippen molar-refractivity contribution in [3.8, 4) is 5.75 Å². The molecule has 0 unspecified atom stereocenters. The van der Waals surface area contributed by atoms with Crippen LogP contribution in [0.1, 0.15) is 43.0 Å². The molecule has 0 atom stereocenters. The van der Waals surface area contributed by atoms with Gasteiger partial charge in [-0.15, -0.1) is 0 Å². The summed E-state index contributed by atoms with van der Waals surface area (Å²) >= 11 is 0. The summed E-state index contributed by atoms with van der Waals surface area (Å²) in [7, 11) is 2.94. The van der Waals surface area contributed by atoms with Crippen molar-refractivity contribution in [2.24, 2.45) is 0 Å². The topological polar surface area (TPSA) is 55.8 Å². The minimum absolute atomic E-state index is 0.0670. The van der Waals surface area contributed by atoms with Gasteiger partial charge >= 0.3 is 5.97 Å². The molecule has 0 bridgehead atoms. The summed E-state index contributed by atoms with van der Waals surface area (Å²) in [5, 5.41) is 0. The van der Waals surface area contributed by atoms with Crippen LogP contribution in [0.15, 0.2) is 24.3 Å². The zero-order chi connectivity index (χ0) is 16.4. The Morgan fingerprint density at radius 3 is 2.27 bits per heavy atom. The van der Waals surface area contributed by atoms with Crippen LogP contribution in [0.2, 0.25) is 0 Å². The number of carbonyl (C=O) groups is 2. The van der Waals surface area contributed by atoms with E-state index in [1.54, 1.807) is 36.3 Å². The van der Waals surface area contributed by atoms with Gasteiger partial charge in [-0.1, -0.05) is 19.8 Å². The van der Waals surface area contributed by atoms with E-state index >= 15 is 0 Å². The Bertz CT molecular complexity index is 470. The molecule has 0 aliphatic carbocycles. The molecule has 122 valence electrons. The molecule has 0 saturated heterocycles. The fourth-order valence-corrected chi connectivity index (χ4v) is 2.11. The van der Waals surface area contributed by atoms with Gasteiger partial charge in [-0.25, -0.2) is 0 Å². The van der Waals surface area contributed by atoms with Crippen LogP contribution >= 0.6 is 0 Å². The van der Waals surface area contributed by atoms with Crippen molar-refractivity contribution in [1.29, 1.82) is 0 Å². The van der Waals surface area contributed by atoms with Crippen LogP contribution in [0.5, 0.6) is 5.75 Å². The van der Waals surface area contributed by atoms with E-state index in [-0.39, 0.29) is 18.3 Å². The predicted molar refractivity (Wildman–Crippen MR) is 85.1 cm³/mol. The van der Waals surface area contributed by atoms with Crippen LogP contribution in [0, 0.1) is 0 Å². The highest BCUT2D eigenvalue weighted by Crippen LogP contribution is 2.14. The molecular weight excluding hydrogens is 282 g/mol. The predicted octanol–water partition coefficient (Wildman–Crippen LogP) is 2.89. The second-order valence-electron chi connectivity index (χ2n) is 5.05. The molecule has 1 aromatic carbocycles. The zero-order valence-corrected chi connectivity index (χ0v) is 13.6. The van der Waals surface area contributed by atoms with Gasteiger partial charge in [-0.2, -0.15) is 0 Å². The fraction of sp³-hybridized carbons (Fsp3) is 0.529. The number of nitrogens with zero attached hydrogens (tertiary/aromatic N) is 1. The molecule has 0 spiro atoms. The van der Waals surface area contributed by atoms with Gasteiger partial charge in [0.15, 0.2) is 0 Å². The largest absolute Gasteiger partial charge is 0.497 e. The molecule has 0 aromatic heterocycles. The lowest BCUT2D eigenvalue weighted by atomic mass is 10.1. The van der Waals surface area contributed by atoms with Gasteiger partial charge in [-0.05, 0) is 30.7 Å². The lowest BCUT2D eigenvalue weighted by Gasteiger charge is -2.22. The molecular formula is C17H25NO4. The van der Waals surface area contributed by atoms with Gasteiger partial charge < -0.3 is 14.4 Å². The Morgan fingerprint density at radius 2 is 1.73 bits per heavy atom. The Kier molecular flexibility index (Phi) is 8.04. The number of benzene rings is 1. The molecule has 5 nitrogen and oxygen atoms in total. The Hall–Kier alpha value is -2.04. The molecule has 1 aromatic rings. The van der Waals surface area contributed by atoms with E-state index in [1.165, 1.54) is 7.11 Å². The second-order valence-corrected chi connectivity index (χ2v) is 5.05. The summed E-state index contributed by atoms with van der Waals surface area (Å²) < 4.78 is 9.74. The monoisotopic (exact) mass is 307 g/mol. The standard InChI is InChI=1S/C17H25NO4/c1-4-5-6-12-18(13-11-16(19)22-3)17(20)14-7-9-15(21-2)10-8-14/h7-10H,4-6,11-13H2,1-3H3. The molecule has 0 heterocycles. The number of ether oxygens (including phenoxy) is 2. The Labute approximate surface area is 132 Å². The van der Waals surface area contributed by atoms with E-state index in [1.807, 2.05) is 0 Å². The van der Waals surface area contributed by atoms with E-state index in [4.69, 9.17) is 4.74 Å². The molecule has 0 fully saturated rings. The van der Waals surface area contributed by atoms with Crippen molar-refractivity contribution in [2.75, 3.05) is 27.3 Å². The first-order valence-electron chi connectivity index (χ1n) is 7.62. The van der Waals surface area contributed by atoms with Crippen LogP contribution in [-0.4, -0.2) is 44.1 Å². The lowest BCUT2D eigenvalue weighted by molar-refractivity contribution is -0.140. The van der Waals surface area contributed by atoms with Crippen molar-refractivity contribution in [2.45, 2.75) is 32.6 Å². The van der Waals surface area contributed by atoms with E-state index in [9.17, 15) is 9.59 Å². The van der Waals surface area contributed by atoms with E-state index in [2.05, 4.69) is 11.7 Å². The minimum atomic E-state index is -0.303. The van der Waals surface area contributed by atoms with Crippen molar-refractivity contribution in [3.63, 3.8) is 0 Å². The third-order valence-electron chi connectivity index (χ3n) is 3.47. The number of esters is 1. The summed E-state index contributed by atoms with van der Waals surface area (Å²) in [5.74, 6) is 0.342. The summed E-state index contributed by atoms with van der Waals surface area (Å²) in [6.45, 7) is 3.14. The van der Waals surface area contributed by atoms with Crippen molar-refractivity contribution < 1.29 is 19.1 Å². The average Bonchev–Trinajstić information content (AvgIpc) is 2.57. The number of amides is 1. The lowest BCUT2D eigenvalue weighted by Crippen LogP contribution is -2.34. The summed E-state index contributed by atoms with van der Waals surface area (Å²) in [6, 6.07) is 7.01. The minimum Gasteiger partial charge on any atom is -0.497 e. The van der Waals surface area contributed by atoms with E-state index < -0.39 is 0 Å². The van der Waals surface area contributed by atoms with Gasteiger partial charge in [0.1, 0.15) is 5.75 Å². The SMILES string of the molecule is CCCCCN(CCC(=O)OC)C(=O)c1ccc(OC)cc1. The number of hydrogen-bond donors (Lipinski definition) is 0. The molecule has 1 rings (SSSR count). The third kappa shape index (κ3) is 5.76. The highest BCUT2D eigenvalue weighted by Gasteiger charge is 2.16. The third-order valence-corrected chi connectivity index (χ3v) is 3.47. The molecule has 0 saturated carbocycles. The smallest absolute Gasteiger partial charge is 0.307 e. The fourth-order valence-electron chi connectivity index (χ4n) is 2.11. The van der Waals surface area contributed by atoms with Gasteiger partial charge in [0.2, 0.25) is 0 Å². The highest BCUT2D eigenvalue weighted by atomic mass is 16.5. The van der Waals surface area contributed by atoms with Gasteiger partial charge in [0.25, 0.3) is 5.91 Å². The number of unbranched alkanes of at least 4 members (excludes halogenated alkanes) is 2. The van der Waals surface area contributed by atoms with Gasteiger partial charge in [-0.3, -0.25) is 9.59 Å². The second kappa shape index (κ2) is 9.82. The molecule has 0 N–H and O–H groups in total. The maximum Gasteiger partial charge on any atom is 0.307 e. The van der Waals surface area contributed by atoms with Crippen molar-refractivity contribution in [1.82, 2.24) is 4.90 Å².